The van der Waals surface area contributed by atoms with Gasteiger partial charge in [-0.15, -0.1) is 0 Å². The molecule has 312 valence electrons. The van der Waals surface area contributed by atoms with Crippen molar-refractivity contribution in [1.29, 1.82) is 0 Å². The Morgan fingerprint density at radius 1 is 1.10 bits per heavy atom. The highest BCUT2D eigenvalue weighted by molar-refractivity contribution is 6.03. The Hall–Kier alpha value is -5.84. The Balaban J connectivity index is 1.27. The second kappa shape index (κ2) is 18.0. The van der Waals surface area contributed by atoms with E-state index in [-0.39, 0.29) is 58.8 Å². The van der Waals surface area contributed by atoms with Crippen molar-refractivity contribution in [2.75, 3.05) is 19.6 Å². The van der Waals surface area contributed by atoms with E-state index in [1.807, 2.05) is 24.4 Å². The lowest BCUT2D eigenvalue weighted by Gasteiger charge is -2.51. The molecule has 0 aliphatic carbocycles. The molecule has 15 nitrogen and oxygen atoms in total. The van der Waals surface area contributed by atoms with Crippen molar-refractivity contribution in [3.8, 4) is 17.2 Å². The van der Waals surface area contributed by atoms with Gasteiger partial charge in [-0.05, 0) is 84.2 Å². The molecule has 59 heavy (non-hydrogen) atoms. The number of nitrogens with one attached hydrogen (secondary N) is 1. The summed E-state index contributed by atoms with van der Waals surface area (Å²) >= 11 is 0. The number of aryl methyl sites for hydroxylation is 1. The van der Waals surface area contributed by atoms with E-state index in [2.05, 4.69) is 48.4 Å². The number of phenolic OH excluding ortho intramolecular Hbond substituents is 1. The maximum atomic E-state index is 12.6. The lowest BCUT2D eigenvalue weighted by atomic mass is 9.74. The predicted octanol–water partition coefficient (Wildman–Crippen LogP) is 3.18. The lowest BCUT2D eigenvalue weighted by Crippen LogP contribution is -2.79. The van der Waals surface area contributed by atoms with Crippen LogP contribution in [0.4, 0.5) is 0 Å². The summed E-state index contributed by atoms with van der Waals surface area (Å²) < 4.78 is 17.5. The van der Waals surface area contributed by atoms with Gasteiger partial charge in [-0.3, -0.25) is 14.6 Å². The van der Waals surface area contributed by atoms with E-state index in [0.717, 1.165) is 17.6 Å². The summed E-state index contributed by atoms with van der Waals surface area (Å²) in [6, 6.07) is 17.7. The van der Waals surface area contributed by atoms with Crippen molar-refractivity contribution < 1.29 is 59.2 Å². The van der Waals surface area contributed by atoms with E-state index < -0.39 is 54.2 Å². The number of allylic oxidation sites excluding steroid dienone is 2. The highest BCUT2D eigenvalue weighted by Crippen LogP contribution is 2.43. The summed E-state index contributed by atoms with van der Waals surface area (Å²) in [6.45, 7) is 4.38. The third-order valence-electron chi connectivity index (χ3n) is 11.2. The monoisotopic (exact) mass is 811 g/mol. The van der Waals surface area contributed by atoms with Crippen LogP contribution in [0.1, 0.15) is 48.9 Å². The van der Waals surface area contributed by atoms with E-state index in [1.165, 1.54) is 48.0 Å². The maximum Gasteiger partial charge on any atom is 0.335 e. The molecule has 3 aromatic rings. The Morgan fingerprint density at radius 2 is 1.85 bits per heavy atom. The number of carboxylic acid groups (broad SMARTS) is 1. The number of aldehydes is 1. The molecule has 1 fully saturated rings. The molecule has 0 aromatic heterocycles. The number of ether oxygens (including phenoxy) is 3. The molecular formula is C44H49N3O12. The quantitative estimate of drug-likeness (QED) is 0.0914. The number of carboxylic acids is 1. The molecular weight excluding hydrogens is 762 g/mol. The number of nitrogens with two attached hydrogens (primary N) is 1. The number of aliphatic hydroxyl groups excluding tert-OH is 2. The molecule has 1 amide bonds. The SMILES string of the molecule is CCc1ccccc1C=CCC(C)C(CNCC1(O)C(Oc2ccc3c(c2)OC(C(N)=O)C(c2ccc(O)cc2)=C3O)OC(C(=O)O)C(O)C1(O)C=O)CC1=CCN=C1. The molecule has 3 aliphatic rings. The minimum Gasteiger partial charge on any atom is -0.508 e. The number of hydrogen-bond donors (Lipinski definition) is 8. The largest absolute Gasteiger partial charge is 0.508 e. The van der Waals surface area contributed by atoms with Crippen LogP contribution in [-0.2, 0) is 25.5 Å². The van der Waals surface area contributed by atoms with Crippen molar-refractivity contribution in [2.24, 2.45) is 22.6 Å². The first-order chi connectivity index (χ1) is 28.2. The lowest BCUT2D eigenvalue weighted by molar-refractivity contribution is -0.334. The van der Waals surface area contributed by atoms with Gasteiger partial charge in [0.15, 0.2) is 23.6 Å². The second-order valence-corrected chi connectivity index (χ2v) is 15.1. The summed E-state index contributed by atoms with van der Waals surface area (Å²) in [5.41, 5.74) is 3.60. The summed E-state index contributed by atoms with van der Waals surface area (Å²) in [4.78, 5) is 41.7. The summed E-state index contributed by atoms with van der Waals surface area (Å²) in [7, 11) is 0. The van der Waals surface area contributed by atoms with E-state index >= 15 is 0 Å². The molecule has 3 heterocycles. The number of carbonyl (C=O) groups is 3. The van der Waals surface area contributed by atoms with Gasteiger partial charge in [0.1, 0.15) is 29.1 Å². The number of nitrogens with zero attached hydrogens (tertiary/aromatic N) is 1. The van der Waals surface area contributed by atoms with E-state index in [4.69, 9.17) is 19.9 Å². The first-order valence-corrected chi connectivity index (χ1v) is 19.3. The molecule has 0 radical (unpaired) electrons. The predicted molar refractivity (Wildman–Crippen MR) is 218 cm³/mol. The zero-order chi connectivity index (χ0) is 42.5. The summed E-state index contributed by atoms with van der Waals surface area (Å²) in [5.74, 6) is -3.36. The van der Waals surface area contributed by atoms with E-state index in [1.54, 1.807) is 0 Å². The van der Waals surface area contributed by atoms with Crippen molar-refractivity contribution >= 4 is 41.8 Å². The number of benzene rings is 3. The van der Waals surface area contributed by atoms with E-state index in [0.29, 0.717) is 24.9 Å². The Kier molecular flexibility index (Phi) is 13.0. The average Bonchev–Trinajstić information content (AvgIpc) is 3.74. The van der Waals surface area contributed by atoms with Crippen LogP contribution in [0.25, 0.3) is 17.4 Å². The van der Waals surface area contributed by atoms with Crippen LogP contribution < -0.4 is 20.5 Å². The van der Waals surface area contributed by atoms with Gasteiger partial charge < -0.3 is 55.9 Å². The summed E-state index contributed by atoms with van der Waals surface area (Å²) in [5, 5.41) is 69.1. The van der Waals surface area contributed by atoms with Gasteiger partial charge in [-0.2, -0.15) is 0 Å². The van der Waals surface area contributed by atoms with Gasteiger partial charge in [-0.25, -0.2) is 4.79 Å². The first kappa shape index (κ1) is 42.8. The molecule has 9 N–H and O–H groups in total. The fourth-order valence-corrected chi connectivity index (χ4v) is 7.66. The third-order valence-corrected chi connectivity index (χ3v) is 11.2. The van der Waals surface area contributed by atoms with Crippen LogP contribution in [0.3, 0.4) is 0 Å². The zero-order valence-corrected chi connectivity index (χ0v) is 32.6. The molecule has 8 unspecified atom stereocenters. The Bertz CT molecular complexity index is 2170. The molecule has 1 saturated heterocycles. The fraction of sp³-hybridized carbons (Fsp3) is 0.364. The molecule has 0 spiro atoms. The van der Waals surface area contributed by atoms with Gasteiger partial charge in [0.05, 0.1) is 17.7 Å². The number of primary amides is 1. The smallest absolute Gasteiger partial charge is 0.335 e. The fourth-order valence-electron chi connectivity index (χ4n) is 7.66. The number of aliphatic carboxylic acids is 1. The van der Waals surface area contributed by atoms with Crippen LogP contribution in [0.5, 0.6) is 17.2 Å². The van der Waals surface area contributed by atoms with Crippen LogP contribution in [-0.4, -0.2) is 110 Å². The number of fused-ring (bicyclic) bond motifs is 1. The minimum atomic E-state index is -3.12. The number of aliphatic hydroxyl groups is 4. The second-order valence-electron chi connectivity index (χ2n) is 15.1. The molecule has 3 aliphatic heterocycles. The number of hydrogen-bond acceptors (Lipinski definition) is 13. The molecule has 6 rings (SSSR count). The standard InChI is InChI=1S/C44H49N3O12/c1-3-27-8-4-5-9-28(27)10-6-7-25(2)30(19-26-17-18-46-21-26)22-47-23-43(55)42(59-38(41(53)54)39(51)44(43,56)24-48)57-32-15-16-33-34(20-32)58-37(40(45)52)35(36(33)50)29-11-13-31(49)14-12-29/h4-6,8-17,20-21,24-25,30,37-39,42,47,49-51,55-56H,3,7,18-19,22-23H2,1-2H3,(H2,45,52)(H,53,54). The number of aromatic hydroxyl groups is 1. The molecule has 8 atom stereocenters. The third kappa shape index (κ3) is 8.79. The number of amides is 1. The van der Waals surface area contributed by atoms with Gasteiger partial charge in [0.25, 0.3) is 5.91 Å². The van der Waals surface area contributed by atoms with Gasteiger partial charge in [0, 0.05) is 18.8 Å². The highest BCUT2D eigenvalue weighted by Gasteiger charge is 2.67. The average molecular weight is 812 g/mol. The van der Waals surface area contributed by atoms with Gasteiger partial charge in [-0.1, -0.05) is 68.5 Å². The molecule has 3 aromatic carbocycles. The topological polar surface area (TPSA) is 251 Å². The highest BCUT2D eigenvalue weighted by atomic mass is 16.7. The van der Waals surface area contributed by atoms with Crippen molar-refractivity contribution in [3.63, 3.8) is 0 Å². The van der Waals surface area contributed by atoms with Crippen molar-refractivity contribution in [2.45, 2.75) is 68.9 Å². The van der Waals surface area contributed by atoms with Crippen LogP contribution in [0.2, 0.25) is 0 Å². The van der Waals surface area contributed by atoms with Gasteiger partial charge >= 0.3 is 5.97 Å². The van der Waals surface area contributed by atoms with Crippen LogP contribution >= 0.6 is 0 Å². The van der Waals surface area contributed by atoms with Crippen LogP contribution in [0, 0.1) is 11.8 Å². The minimum absolute atomic E-state index is 0.0334. The number of carbonyl (C=O) groups excluding carboxylic acids is 2. The van der Waals surface area contributed by atoms with Crippen molar-refractivity contribution in [3.05, 3.63) is 107 Å². The normalized spacial score (nSPS) is 26.2. The maximum absolute atomic E-state index is 12.6. The van der Waals surface area contributed by atoms with E-state index in [9.17, 15) is 45.0 Å². The number of phenols is 1. The molecule has 0 saturated carbocycles. The first-order valence-electron chi connectivity index (χ1n) is 19.3. The van der Waals surface area contributed by atoms with Crippen LogP contribution in [0.15, 0.2) is 89.4 Å². The number of aliphatic imine (C=N–C) groups is 1. The molecule has 15 heteroatoms. The molecule has 0 bridgehead atoms. The number of rotatable bonds is 17. The Labute approximate surface area is 340 Å². The van der Waals surface area contributed by atoms with Crippen molar-refractivity contribution in [1.82, 2.24) is 5.32 Å². The van der Waals surface area contributed by atoms with Gasteiger partial charge in [0.2, 0.25) is 12.4 Å². The summed E-state index contributed by atoms with van der Waals surface area (Å²) in [6.07, 6.45) is 1.89. The Morgan fingerprint density at radius 3 is 2.51 bits per heavy atom. The zero-order valence-electron chi connectivity index (χ0n) is 32.6.